The summed E-state index contributed by atoms with van der Waals surface area (Å²) in [6.45, 7) is 5.54. The molecule has 7 heteroatoms. The lowest BCUT2D eigenvalue weighted by atomic mass is 10.2. The van der Waals surface area contributed by atoms with Crippen molar-refractivity contribution in [2.24, 2.45) is 0 Å². The van der Waals surface area contributed by atoms with Gasteiger partial charge in [0, 0.05) is 25.5 Å². The number of imidazole rings is 1. The number of halogens is 2. The Morgan fingerprint density at radius 3 is 2.66 bits per heavy atom. The smallest absolute Gasteiger partial charge is 0.180 e. The normalized spacial score (nSPS) is 10.4. The summed E-state index contributed by atoms with van der Waals surface area (Å²) in [4.78, 5) is 4.05. The minimum absolute atomic E-state index is 0. The van der Waals surface area contributed by atoms with E-state index >= 15 is 0 Å². The van der Waals surface area contributed by atoms with Crippen LogP contribution >= 0.6 is 24.0 Å². The molecule has 0 radical (unpaired) electrons. The van der Waals surface area contributed by atoms with Crippen molar-refractivity contribution >= 4 is 24.0 Å². The van der Waals surface area contributed by atoms with E-state index in [1.54, 1.807) is 6.20 Å². The van der Waals surface area contributed by atoms with Gasteiger partial charge in [-0.1, -0.05) is 41.9 Å². The lowest BCUT2D eigenvalue weighted by molar-refractivity contribution is 0.269. The summed E-state index contributed by atoms with van der Waals surface area (Å²) in [6.07, 6.45) is 6.64. The van der Waals surface area contributed by atoms with Crippen molar-refractivity contribution in [3.05, 3.63) is 77.3 Å². The number of aromatic nitrogens is 2. The number of ether oxygens (including phenoxy) is 2. The van der Waals surface area contributed by atoms with Crippen LogP contribution in [0.5, 0.6) is 11.5 Å². The molecule has 0 saturated heterocycles. The first-order chi connectivity index (χ1) is 13.8. The maximum atomic E-state index is 6.50. The maximum absolute atomic E-state index is 6.50. The second-order valence-electron chi connectivity index (χ2n) is 6.44. The third-order valence-electron chi connectivity index (χ3n) is 4.25. The van der Waals surface area contributed by atoms with Gasteiger partial charge in [-0.2, -0.15) is 0 Å². The molecule has 0 atom stereocenters. The highest BCUT2D eigenvalue weighted by Crippen LogP contribution is 2.37. The molecular formula is C22H27Cl2N3O2. The molecule has 1 N–H and O–H groups in total. The number of hydrogen-bond donors (Lipinski definition) is 1. The van der Waals surface area contributed by atoms with Gasteiger partial charge in [-0.25, -0.2) is 4.98 Å². The van der Waals surface area contributed by atoms with Gasteiger partial charge in [-0.05, 0) is 43.1 Å². The van der Waals surface area contributed by atoms with Gasteiger partial charge in [-0.3, -0.25) is 0 Å². The van der Waals surface area contributed by atoms with Gasteiger partial charge in [0.15, 0.2) is 11.5 Å². The number of nitrogens with zero attached hydrogens (tertiary/aromatic N) is 2. The van der Waals surface area contributed by atoms with Crippen LogP contribution in [0.2, 0.25) is 5.02 Å². The lowest BCUT2D eigenvalue weighted by Gasteiger charge is -2.16. The number of hydrogen-bond acceptors (Lipinski definition) is 4. The zero-order chi connectivity index (χ0) is 19.6. The largest absolute Gasteiger partial charge is 0.490 e. The molecule has 0 aliphatic heterocycles. The summed E-state index contributed by atoms with van der Waals surface area (Å²) in [7, 11) is 0. The molecule has 156 valence electrons. The Bertz CT molecular complexity index is 843. The minimum atomic E-state index is 0. The van der Waals surface area contributed by atoms with E-state index in [-0.39, 0.29) is 12.4 Å². The molecule has 1 aromatic heterocycles. The Labute approximate surface area is 183 Å². The third-order valence-corrected chi connectivity index (χ3v) is 4.53. The molecular weight excluding hydrogens is 409 g/mol. The van der Waals surface area contributed by atoms with Crippen molar-refractivity contribution in [1.82, 2.24) is 14.9 Å². The second-order valence-corrected chi connectivity index (χ2v) is 6.85. The first kappa shape index (κ1) is 23.1. The van der Waals surface area contributed by atoms with E-state index in [9.17, 15) is 0 Å². The molecule has 3 aromatic rings. The Morgan fingerprint density at radius 2 is 1.93 bits per heavy atom. The fourth-order valence-corrected chi connectivity index (χ4v) is 3.18. The fourth-order valence-electron chi connectivity index (χ4n) is 2.89. The lowest BCUT2D eigenvalue weighted by Crippen LogP contribution is -2.16. The van der Waals surface area contributed by atoms with Crippen molar-refractivity contribution in [2.45, 2.75) is 33.0 Å². The first-order valence-electron chi connectivity index (χ1n) is 9.54. The minimum Gasteiger partial charge on any atom is -0.490 e. The van der Waals surface area contributed by atoms with Gasteiger partial charge in [-0.15, -0.1) is 12.4 Å². The van der Waals surface area contributed by atoms with E-state index < -0.39 is 0 Å². The summed E-state index contributed by atoms with van der Waals surface area (Å²) >= 11 is 6.50. The molecule has 2 aromatic carbocycles. The van der Waals surface area contributed by atoms with E-state index in [1.807, 2.05) is 61.9 Å². The number of nitrogens with one attached hydrogen (secondary N) is 1. The molecule has 0 fully saturated rings. The zero-order valence-corrected chi connectivity index (χ0v) is 18.1. The summed E-state index contributed by atoms with van der Waals surface area (Å²) < 4.78 is 13.8. The van der Waals surface area contributed by atoms with E-state index in [0.29, 0.717) is 29.7 Å². The Hall–Kier alpha value is -2.21. The fraction of sp³-hybridized carbons (Fsp3) is 0.318. The molecule has 0 spiro atoms. The molecule has 3 rings (SSSR count). The van der Waals surface area contributed by atoms with Crippen LogP contribution in [0.3, 0.4) is 0 Å². The van der Waals surface area contributed by atoms with Crippen molar-refractivity contribution in [2.75, 3.05) is 13.2 Å². The molecule has 0 aliphatic rings. The molecule has 5 nitrogen and oxygen atoms in total. The van der Waals surface area contributed by atoms with Crippen LogP contribution in [0.1, 0.15) is 24.5 Å². The topological polar surface area (TPSA) is 48.3 Å². The summed E-state index contributed by atoms with van der Waals surface area (Å²) in [5, 5.41) is 4.02. The van der Waals surface area contributed by atoms with Crippen LogP contribution < -0.4 is 14.8 Å². The van der Waals surface area contributed by atoms with Crippen LogP contribution in [0, 0.1) is 0 Å². The van der Waals surface area contributed by atoms with E-state index in [4.69, 9.17) is 21.1 Å². The zero-order valence-electron chi connectivity index (χ0n) is 16.5. The van der Waals surface area contributed by atoms with Crippen LogP contribution in [0.4, 0.5) is 0 Å². The molecule has 0 unspecified atom stereocenters. The van der Waals surface area contributed by atoms with Crippen molar-refractivity contribution < 1.29 is 9.47 Å². The monoisotopic (exact) mass is 435 g/mol. The van der Waals surface area contributed by atoms with Gasteiger partial charge in [0.05, 0.1) is 18.0 Å². The van der Waals surface area contributed by atoms with E-state index in [2.05, 4.69) is 14.9 Å². The van der Waals surface area contributed by atoms with Crippen LogP contribution in [-0.4, -0.2) is 22.7 Å². The van der Waals surface area contributed by atoms with Crippen LogP contribution in [-0.2, 0) is 19.7 Å². The molecule has 1 heterocycles. The molecule has 0 amide bonds. The van der Waals surface area contributed by atoms with Crippen molar-refractivity contribution in [3.63, 3.8) is 0 Å². The Kier molecular flexibility index (Phi) is 9.84. The van der Waals surface area contributed by atoms with E-state index in [1.165, 1.54) is 0 Å². The van der Waals surface area contributed by atoms with Gasteiger partial charge in [0.1, 0.15) is 6.61 Å². The summed E-state index contributed by atoms with van der Waals surface area (Å²) in [5.74, 6) is 1.28. The van der Waals surface area contributed by atoms with Crippen molar-refractivity contribution in [3.8, 4) is 11.5 Å². The highest BCUT2D eigenvalue weighted by atomic mass is 35.5. The maximum Gasteiger partial charge on any atom is 0.180 e. The highest BCUT2D eigenvalue weighted by Gasteiger charge is 2.13. The van der Waals surface area contributed by atoms with Gasteiger partial charge in [0.2, 0.25) is 0 Å². The first-order valence-corrected chi connectivity index (χ1v) is 9.92. The average Bonchev–Trinajstić information content (AvgIpc) is 3.22. The van der Waals surface area contributed by atoms with Gasteiger partial charge in [0.25, 0.3) is 0 Å². The highest BCUT2D eigenvalue weighted by molar-refractivity contribution is 6.32. The third kappa shape index (κ3) is 7.28. The van der Waals surface area contributed by atoms with Crippen molar-refractivity contribution in [1.29, 1.82) is 0 Å². The molecule has 0 saturated carbocycles. The second kappa shape index (κ2) is 12.4. The average molecular weight is 436 g/mol. The standard InChI is InChI=1S/C22H26ClN3O2.ClH/c1-2-27-21-14-19(15-24-9-6-11-26-12-10-25-17-26)13-20(23)22(21)28-16-18-7-4-3-5-8-18;/h3-5,7-8,10,12-14,17,24H,2,6,9,11,15-16H2,1H3;1H. The van der Waals surface area contributed by atoms with Gasteiger partial charge >= 0.3 is 0 Å². The predicted molar refractivity (Wildman–Crippen MR) is 119 cm³/mol. The molecule has 0 aliphatic carbocycles. The quantitative estimate of drug-likeness (QED) is 0.424. The van der Waals surface area contributed by atoms with Crippen LogP contribution in [0.15, 0.2) is 61.2 Å². The summed E-state index contributed by atoms with van der Waals surface area (Å²) in [5.41, 5.74) is 2.16. The van der Waals surface area contributed by atoms with Gasteiger partial charge < -0.3 is 19.4 Å². The Morgan fingerprint density at radius 1 is 1.10 bits per heavy atom. The SMILES string of the molecule is CCOc1cc(CNCCCn2ccnc2)cc(Cl)c1OCc1ccccc1.Cl. The van der Waals surface area contributed by atoms with E-state index in [0.717, 1.165) is 37.2 Å². The molecule has 29 heavy (non-hydrogen) atoms. The molecule has 0 bridgehead atoms. The Balaban J connectivity index is 0.00000300. The predicted octanol–water partition coefficient (Wildman–Crippen LogP) is 5.12. The number of benzene rings is 2. The summed E-state index contributed by atoms with van der Waals surface area (Å²) in [6, 6.07) is 14.0. The number of aryl methyl sites for hydroxylation is 1. The van der Waals surface area contributed by atoms with Crippen LogP contribution in [0.25, 0.3) is 0 Å². The number of rotatable bonds is 11.